The van der Waals surface area contributed by atoms with Crippen LogP contribution in [0, 0.1) is 6.92 Å². The van der Waals surface area contributed by atoms with Crippen molar-refractivity contribution in [2.45, 2.75) is 52.5 Å². The summed E-state index contributed by atoms with van der Waals surface area (Å²) in [6, 6.07) is 6.70. The molecule has 1 fully saturated rings. The van der Waals surface area contributed by atoms with Gasteiger partial charge >= 0.3 is 0 Å². The lowest BCUT2D eigenvalue weighted by molar-refractivity contribution is 0.414. The van der Waals surface area contributed by atoms with Gasteiger partial charge in [-0.15, -0.1) is 0 Å². The zero-order chi connectivity index (χ0) is 16.4. The Morgan fingerprint density at radius 3 is 2.87 bits per heavy atom. The maximum Gasteiger partial charge on any atom is 0.127 e. The van der Waals surface area contributed by atoms with Crippen LogP contribution in [0.2, 0.25) is 5.02 Å². The molecule has 1 aromatic rings. The lowest BCUT2D eigenvalue weighted by Crippen LogP contribution is -2.38. The van der Waals surface area contributed by atoms with Gasteiger partial charge in [0.05, 0.1) is 0 Å². The van der Waals surface area contributed by atoms with E-state index in [9.17, 15) is 0 Å². The third kappa shape index (κ3) is 3.40. The molecule has 0 bridgehead atoms. The molecule has 23 heavy (non-hydrogen) atoms. The molecule has 0 amide bonds. The van der Waals surface area contributed by atoms with E-state index in [1.54, 1.807) is 0 Å². The number of hydrogen-bond donors (Lipinski definition) is 0. The van der Waals surface area contributed by atoms with Gasteiger partial charge in [0.15, 0.2) is 0 Å². The van der Waals surface area contributed by atoms with Crippen LogP contribution < -0.4 is 4.90 Å². The molecule has 0 N–H and O–H groups in total. The van der Waals surface area contributed by atoms with Crippen molar-refractivity contribution in [2.24, 2.45) is 4.99 Å². The number of nitrogens with zero attached hydrogens (tertiary/aromatic N) is 3. The first kappa shape index (κ1) is 16.4. The molecule has 1 atom stereocenters. The van der Waals surface area contributed by atoms with Crippen molar-refractivity contribution in [1.82, 2.24) is 4.90 Å². The summed E-state index contributed by atoms with van der Waals surface area (Å²) in [6.45, 7) is 8.48. The summed E-state index contributed by atoms with van der Waals surface area (Å²) in [6.07, 6.45) is 7.02. The number of hydrogen-bond acceptors (Lipinski definition) is 3. The second-order valence-electron chi connectivity index (χ2n) is 6.59. The number of likely N-dealkylation sites (tertiary alicyclic amines) is 1. The average molecular weight is 332 g/mol. The van der Waals surface area contributed by atoms with Crippen molar-refractivity contribution in [3.8, 4) is 0 Å². The smallest absolute Gasteiger partial charge is 0.127 e. The molecule has 1 aromatic carbocycles. The van der Waals surface area contributed by atoms with Crippen LogP contribution in [-0.4, -0.2) is 30.0 Å². The van der Waals surface area contributed by atoms with Crippen molar-refractivity contribution in [3.63, 3.8) is 0 Å². The number of anilines is 1. The van der Waals surface area contributed by atoms with Gasteiger partial charge in [0, 0.05) is 29.0 Å². The molecule has 0 saturated carbocycles. The van der Waals surface area contributed by atoms with Crippen LogP contribution in [0.1, 0.15) is 45.1 Å². The molecule has 2 aliphatic heterocycles. The second-order valence-corrected chi connectivity index (χ2v) is 7.02. The predicted molar refractivity (Wildman–Crippen MR) is 99.4 cm³/mol. The summed E-state index contributed by atoms with van der Waals surface area (Å²) in [4.78, 5) is 9.64. The number of allylic oxidation sites excluding steroid dienone is 1. The number of rotatable bonds is 3. The number of halogens is 1. The quantitative estimate of drug-likeness (QED) is 0.776. The molecule has 0 aliphatic carbocycles. The highest BCUT2D eigenvalue weighted by Gasteiger charge is 2.26. The fourth-order valence-corrected chi connectivity index (χ4v) is 3.69. The van der Waals surface area contributed by atoms with E-state index in [2.05, 4.69) is 48.8 Å². The van der Waals surface area contributed by atoms with E-state index in [1.165, 1.54) is 29.8 Å². The topological polar surface area (TPSA) is 18.8 Å². The fraction of sp³-hybridized carbons (Fsp3) is 0.526. The highest BCUT2D eigenvalue weighted by atomic mass is 35.5. The van der Waals surface area contributed by atoms with Crippen LogP contribution in [0.25, 0.3) is 0 Å². The Balaban J connectivity index is 1.90. The van der Waals surface area contributed by atoms with Crippen LogP contribution in [-0.2, 0) is 0 Å². The minimum Gasteiger partial charge on any atom is -0.354 e. The number of aryl methyl sites for hydroxylation is 1. The van der Waals surface area contributed by atoms with Gasteiger partial charge in [0.2, 0.25) is 0 Å². The first-order valence-electron chi connectivity index (χ1n) is 8.65. The van der Waals surface area contributed by atoms with E-state index in [1.807, 2.05) is 6.07 Å². The van der Waals surface area contributed by atoms with E-state index in [4.69, 9.17) is 16.6 Å². The molecule has 4 heteroatoms. The molecule has 0 spiro atoms. The van der Waals surface area contributed by atoms with Crippen LogP contribution in [0.3, 0.4) is 0 Å². The summed E-state index contributed by atoms with van der Waals surface area (Å²) < 4.78 is 0. The van der Waals surface area contributed by atoms with Gasteiger partial charge in [-0.3, -0.25) is 0 Å². The minimum atomic E-state index is 0.604. The first-order valence-corrected chi connectivity index (χ1v) is 9.03. The predicted octanol–water partition coefficient (Wildman–Crippen LogP) is 4.99. The van der Waals surface area contributed by atoms with Crippen LogP contribution in [0.5, 0.6) is 0 Å². The monoisotopic (exact) mass is 331 g/mol. The summed E-state index contributed by atoms with van der Waals surface area (Å²) in [5.41, 5.74) is 3.76. The van der Waals surface area contributed by atoms with Crippen LogP contribution in [0.4, 0.5) is 5.69 Å². The first-order chi connectivity index (χ1) is 11.1. The lowest BCUT2D eigenvalue weighted by atomic mass is 10.1. The molecule has 1 saturated heterocycles. The van der Waals surface area contributed by atoms with Gasteiger partial charge in [-0.2, -0.15) is 0 Å². The summed E-state index contributed by atoms with van der Waals surface area (Å²) in [5.74, 6) is 1.16. The number of benzene rings is 1. The van der Waals surface area contributed by atoms with Gasteiger partial charge in [-0.25, -0.2) is 4.99 Å². The maximum atomic E-state index is 6.22. The Bertz CT molecular complexity index is 636. The molecule has 0 unspecified atom stereocenters. The largest absolute Gasteiger partial charge is 0.354 e. The van der Waals surface area contributed by atoms with Crippen LogP contribution >= 0.6 is 11.6 Å². The van der Waals surface area contributed by atoms with Crippen molar-refractivity contribution in [2.75, 3.05) is 18.1 Å². The second kappa shape index (κ2) is 6.96. The number of amidine groups is 1. The Morgan fingerprint density at radius 1 is 1.35 bits per heavy atom. The molecular weight excluding hydrogens is 306 g/mol. The molecular formula is C19H26ClN3. The zero-order valence-electron chi connectivity index (χ0n) is 14.3. The van der Waals surface area contributed by atoms with Gasteiger partial charge in [-0.1, -0.05) is 31.0 Å². The minimum absolute atomic E-state index is 0.604. The highest BCUT2D eigenvalue weighted by molar-refractivity contribution is 6.30. The van der Waals surface area contributed by atoms with E-state index in [0.717, 1.165) is 30.2 Å². The van der Waals surface area contributed by atoms with Gasteiger partial charge in [0.25, 0.3) is 0 Å². The Labute approximate surface area is 144 Å². The van der Waals surface area contributed by atoms with Gasteiger partial charge in [0.1, 0.15) is 12.5 Å². The van der Waals surface area contributed by atoms with E-state index in [0.29, 0.717) is 12.7 Å². The van der Waals surface area contributed by atoms with E-state index >= 15 is 0 Å². The Morgan fingerprint density at radius 2 is 2.17 bits per heavy atom. The zero-order valence-corrected chi connectivity index (χ0v) is 15.1. The van der Waals surface area contributed by atoms with Crippen molar-refractivity contribution in [3.05, 3.63) is 40.6 Å². The third-order valence-electron chi connectivity index (χ3n) is 4.83. The van der Waals surface area contributed by atoms with Crippen molar-refractivity contribution in [1.29, 1.82) is 0 Å². The highest BCUT2D eigenvalue weighted by Crippen LogP contribution is 2.31. The molecule has 2 heterocycles. The van der Waals surface area contributed by atoms with Crippen molar-refractivity contribution < 1.29 is 0 Å². The SMILES string of the molecule is CCCC1=CC(N2CCC[C@H]2C)=NCN1c1cc(Cl)ccc1C. The lowest BCUT2D eigenvalue weighted by Gasteiger charge is -2.34. The maximum absolute atomic E-state index is 6.22. The van der Waals surface area contributed by atoms with Crippen molar-refractivity contribution >= 4 is 23.1 Å². The molecule has 3 rings (SSSR count). The standard InChI is InChI=1S/C19H26ClN3/c1-4-6-17-12-19(22-10-5-7-15(22)3)21-13-23(17)18-11-16(20)9-8-14(18)2/h8-9,11-12,15H,4-7,10,13H2,1-3H3/t15-/m1/s1. The normalized spacial score (nSPS) is 21.5. The molecule has 0 aromatic heterocycles. The number of aliphatic imine (C=N–C) groups is 1. The summed E-state index contributed by atoms with van der Waals surface area (Å²) >= 11 is 6.22. The summed E-state index contributed by atoms with van der Waals surface area (Å²) in [5, 5.41) is 0.782. The Hall–Kier alpha value is -1.48. The van der Waals surface area contributed by atoms with Gasteiger partial charge in [-0.05, 0) is 56.9 Å². The van der Waals surface area contributed by atoms with Crippen LogP contribution in [0.15, 0.2) is 35.0 Å². The fourth-order valence-electron chi connectivity index (χ4n) is 3.52. The summed E-state index contributed by atoms with van der Waals surface area (Å²) in [7, 11) is 0. The third-order valence-corrected chi connectivity index (χ3v) is 5.07. The molecule has 3 nitrogen and oxygen atoms in total. The molecule has 0 radical (unpaired) electrons. The van der Waals surface area contributed by atoms with Gasteiger partial charge < -0.3 is 9.80 Å². The molecule has 124 valence electrons. The van der Waals surface area contributed by atoms with E-state index in [-0.39, 0.29) is 0 Å². The van der Waals surface area contributed by atoms with E-state index < -0.39 is 0 Å². The average Bonchev–Trinajstić information content (AvgIpc) is 2.96. The molecule has 2 aliphatic rings. The Kier molecular flexibility index (Phi) is 4.96.